The third-order valence-corrected chi connectivity index (χ3v) is 2.98. The summed E-state index contributed by atoms with van der Waals surface area (Å²) < 4.78 is 16.2. The van der Waals surface area contributed by atoms with Crippen LogP contribution in [-0.4, -0.2) is 18.5 Å². The zero-order chi connectivity index (χ0) is 17.4. The minimum atomic E-state index is -0.622. The van der Waals surface area contributed by atoms with E-state index in [1.54, 1.807) is 42.5 Å². The third kappa shape index (κ3) is 4.46. The summed E-state index contributed by atoms with van der Waals surface area (Å²) in [6, 6.07) is 13.3. The molecule has 0 aliphatic rings. The van der Waals surface area contributed by atoms with Gasteiger partial charge in [-0.25, -0.2) is 9.59 Å². The fourth-order valence-electron chi connectivity index (χ4n) is 1.89. The van der Waals surface area contributed by atoms with Crippen LogP contribution >= 0.6 is 0 Å². The molecule has 0 spiro atoms. The fourth-order valence-corrected chi connectivity index (χ4v) is 1.89. The zero-order valence-electron chi connectivity index (χ0n) is 13.4. The molecule has 2 aromatic rings. The normalized spacial score (nSPS) is 9.88. The lowest BCUT2D eigenvalue weighted by molar-refractivity contribution is -0.129. The molecule has 2 aromatic carbocycles. The van der Waals surface area contributed by atoms with Gasteiger partial charge >= 0.3 is 11.9 Å². The van der Waals surface area contributed by atoms with E-state index in [9.17, 15) is 9.59 Å². The molecule has 0 aromatic heterocycles. The SMILES string of the molecule is C=CC(=O)Oc1cccc(OC(=O)c2ccccc2)c1OCCC. The second-order valence-corrected chi connectivity index (χ2v) is 4.81. The van der Waals surface area contributed by atoms with Crippen molar-refractivity contribution in [2.24, 2.45) is 0 Å². The van der Waals surface area contributed by atoms with Crippen molar-refractivity contribution in [2.45, 2.75) is 13.3 Å². The molecular weight excluding hydrogens is 308 g/mol. The van der Waals surface area contributed by atoms with Crippen LogP contribution in [0.1, 0.15) is 23.7 Å². The van der Waals surface area contributed by atoms with Crippen molar-refractivity contribution >= 4 is 11.9 Å². The lowest BCUT2D eigenvalue weighted by Crippen LogP contribution is -2.11. The van der Waals surface area contributed by atoms with E-state index < -0.39 is 11.9 Å². The van der Waals surface area contributed by atoms with Gasteiger partial charge in [-0.05, 0) is 30.7 Å². The first-order valence-corrected chi connectivity index (χ1v) is 7.53. The second-order valence-electron chi connectivity index (χ2n) is 4.81. The van der Waals surface area contributed by atoms with Crippen molar-refractivity contribution in [3.05, 3.63) is 66.7 Å². The number of carbonyl (C=O) groups excluding carboxylic acids is 2. The molecule has 124 valence electrons. The summed E-state index contributed by atoms with van der Waals surface area (Å²) in [6.45, 7) is 5.68. The van der Waals surface area contributed by atoms with Gasteiger partial charge in [0, 0.05) is 6.08 Å². The van der Waals surface area contributed by atoms with E-state index >= 15 is 0 Å². The molecule has 0 aliphatic heterocycles. The van der Waals surface area contributed by atoms with E-state index in [0.29, 0.717) is 12.2 Å². The molecule has 0 radical (unpaired) electrons. The number of para-hydroxylation sites is 1. The van der Waals surface area contributed by atoms with Crippen LogP contribution in [0.2, 0.25) is 0 Å². The molecule has 0 bridgehead atoms. The molecule has 5 nitrogen and oxygen atoms in total. The highest BCUT2D eigenvalue weighted by atomic mass is 16.6. The number of esters is 2. The zero-order valence-corrected chi connectivity index (χ0v) is 13.4. The van der Waals surface area contributed by atoms with Crippen molar-refractivity contribution in [1.82, 2.24) is 0 Å². The van der Waals surface area contributed by atoms with E-state index in [4.69, 9.17) is 14.2 Å². The Morgan fingerprint density at radius 1 is 1.00 bits per heavy atom. The molecule has 2 rings (SSSR count). The summed E-state index contributed by atoms with van der Waals surface area (Å²) in [5, 5.41) is 0. The summed E-state index contributed by atoms with van der Waals surface area (Å²) >= 11 is 0. The van der Waals surface area contributed by atoms with Crippen LogP contribution in [0.3, 0.4) is 0 Å². The monoisotopic (exact) mass is 326 g/mol. The van der Waals surface area contributed by atoms with E-state index in [1.165, 1.54) is 0 Å². The van der Waals surface area contributed by atoms with E-state index in [1.807, 2.05) is 13.0 Å². The Morgan fingerprint density at radius 3 is 2.29 bits per heavy atom. The van der Waals surface area contributed by atoms with Crippen molar-refractivity contribution < 1.29 is 23.8 Å². The van der Waals surface area contributed by atoms with Crippen LogP contribution in [-0.2, 0) is 4.79 Å². The largest absolute Gasteiger partial charge is 0.486 e. The Labute approximate surface area is 140 Å². The lowest BCUT2D eigenvalue weighted by atomic mass is 10.2. The molecule has 0 atom stereocenters. The Balaban J connectivity index is 2.30. The predicted molar refractivity (Wildman–Crippen MR) is 89.5 cm³/mol. The summed E-state index contributed by atoms with van der Waals surface area (Å²) in [7, 11) is 0. The highest BCUT2D eigenvalue weighted by molar-refractivity contribution is 5.91. The van der Waals surface area contributed by atoms with Gasteiger partial charge < -0.3 is 14.2 Å². The molecule has 0 saturated carbocycles. The maximum Gasteiger partial charge on any atom is 0.343 e. The van der Waals surface area contributed by atoms with Gasteiger partial charge in [0.1, 0.15) is 0 Å². The van der Waals surface area contributed by atoms with Crippen molar-refractivity contribution in [3.63, 3.8) is 0 Å². The average Bonchev–Trinajstić information content (AvgIpc) is 2.61. The first-order valence-electron chi connectivity index (χ1n) is 7.53. The van der Waals surface area contributed by atoms with Gasteiger partial charge in [0.05, 0.1) is 12.2 Å². The molecule has 0 heterocycles. The number of benzene rings is 2. The summed E-state index contributed by atoms with van der Waals surface area (Å²) in [5.74, 6) is -0.579. The van der Waals surface area contributed by atoms with Gasteiger partial charge in [-0.1, -0.05) is 37.8 Å². The topological polar surface area (TPSA) is 61.8 Å². The molecular formula is C19H18O5. The van der Waals surface area contributed by atoms with Gasteiger partial charge in [-0.2, -0.15) is 0 Å². The maximum absolute atomic E-state index is 12.2. The molecule has 5 heteroatoms. The van der Waals surface area contributed by atoms with Gasteiger partial charge in [-0.15, -0.1) is 0 Å². The Kier molecular flexibility index (Phi) is 6.14. The van der Waals surface area contributed by atoms with E-state index in [0.717, 1.165) is 12.5 Å². The van der Waals surface area contributed by atoms with Crippen LogP contribution in [0.15, 0.2) is 61.2 Å². The maximum atomic E-state index is 12.2. The first kappa shape index (κ1) is 17.3. The van der Waals surface area contributed by atoms with Crippen LogP contribution in [0.4, 0.5) is 0 Å². The number of hydrogen-bond donors (Lipinski definition) is 0. The fraction of sp³-hybridized carbons (Fsp3) is 0.158. The van der Waals surface area contributed by atoms with Gasteiger partial charge in [0.25, 0.3) is 0 Å². The summed E-state index contributed by atoms with van der Waals surface area (Å²) in [6.07, 6.45) is 1.79. The molecule has 0 aliphatic carbocycles. The Hall–Kier alpha value is -3.08. The number of ether oxygens (including phenoxy) is 3. The second kappa shape index (κ2) is 8.53. The minimum absolute atomic E-state index is 0.173. The van der Waals surface area contributed by atoms with Gasteiger partial charge in [-0.3, -0.25) is 0 Å². The standard InChI is InChI=1S/C19H18O5/c1-3-13-22-18-15(23-17(20)4-2)11-8-12-16(18)24-19(21)14-9-6-5-7-10-14/h4-12H,2-3,13H2,1H3. The van der Waals surface area contributed by atoms with Crippen LogP contribution in [0.25, 0.3) is 0 Å². The van der Waals surface area contributed by atoms with Gasteiger partial charge in [0.2, 0.25) is 5.75 Å². The van der Waals surface area contributed by atoms with Crippen LogP contribution in [0.5, 0.6) is 17.2 Å². The highest BCUT2D eigenvalue weighted by Gasteiger charge is 2.18. The molecule has 0 unspecified atom stereocenters. The molecule has 0 N–H and O–H groups in total. The quantitative estimate of drug-likeness (QED) is 0.440. The third-order valence-electron chi connectivity index (χ3n) is 2.98. The Bertz CT molecular complexity index is 722. The molecule has 24 heavy (non-hydrogen) atoms. The van der Waals surface area contributed by atoms with Crippen molar-refractivity contribution in [3.8, 4) is 17.2 Å². The molecule has 0 amide bonds. The number of rotatable bonds is 7. The van der Waals surface area contributed by atoms with E-state index in [-0.39, 0.29) is 17.2 Å². The van der Waals surface area contributed by atoms with Crippen molar-refractivity contribution in [2.75, 3.05) is 6.61 Å². The number of carbonyl (C=O) groups is 2. The predicted octanol–water partition coefficient (Wildman–Crippen LogP) is 3.79. The van der Waals surface area contributed by atoms with Gasteiger partial charge in [0.15, 0.2) is 11.5 Å². The molecule has 0 saturated heterocycles. The molecule has 0 fully saturated rings. The van der Waals surface area contributed by atoms with E-state index in [2.05, 4.69) is 6.58 Å². The number of hydrogen-bond acceptors (Lipinski definition) is 5. The summed E-state index contributed by atoms with van der Waals surface area (Å²) in [5.41, 5.74) is 0.410. The smallest absolute Gasteiger partial charge is 0.343 e. The minimum Gasteiger partial charge on any atom is -0.486 e. The summed E-state index contributed by atoms with van der Waals surface area (Å²) in [4.78, 5) is 23.7. The highest BCUT2D eigenvalue weighted by Crippen LogP contribution is 2.38. The Morgan fingerprint density at radius 2 is 1.67 bits per heavy atom. The van der Waals surface area contributed by atoms with Crippen LogP contribution in [0, 0.1) is 0 Å². The average molecular weight is 326 g/mol. The van der Waals surface area contributed by atoms with Crippen LogP contribution < -0.4 is 14.2 Å². The lowest BCUT2D eigenvalue weighted by Gasteiger charge is -2.14. The van der Waals surface area contributed by atoms with Crippen molar-refractivity contribution in [1.29, 1.82) is 0 Å². The first-order chi connectivity index (χ1) is 11.7.